The summed E-state index contributed by atoms with van der Waals surface area (Å²) < 4.78 is 1.23. The minimum Gasteiger partial charge on any atom is -0.389 e. The topological polar surface area (TPSA) is 75.4 Å². The molecule has 0 radical (unpaired) electrons. The van der Waals surface area contributed by atoms with Gasteiger partial charge in [-0.1, -0.05) is 24.6 Å². The highest BCUT2D eigenvalue weighted by molar-refractivity contribution is 6.04. The van der Waals surface area contributed by atoms with Crippen LogP contribution in [0.3, 0.4) is 0 Å². The number of hydrogen-bond acceptors (Lipinski definition) is 4. The number of nitrogens with zero attached hydrogens (tertiary/aromatic N) is 3. The van der Waals surface area contributed by atoms with Gasteiger partial charge in [0.25, 0.3) is 11.5 Å². The number of benzene rings is 1. The first kappa shape index (κ1) is 16.3. The van der Waals surface area contributed by atoms with E-state index in [9.17, 15) is 14.7 Å². The van der Waals surface area contributed by atoms with Crippen LogP contribution in [0.4, 0.5) is 0 Å². The summed E-state index contributed by atoms with van der Waals surface area (Å²) in [5.74, 6) is 0.226. The average Bonchev–Trinajstić information content (AvgIpc) is 2.56. The standard InChI is InChI=1S/C19H23N3O3/c1-21-17(23)15-8-3-2-7-14(15)16(20-21)18(24)22-11-9-19(25,10-12-22)13-5-4-6-13/h2-3,7-8,13,25H,4-6,9-12H2,1H3. The first-order chi connectivity index (χ1) is 12.0. The molecule has 1 aliphatic heterocycles. The van der Waals surface area contributed by atoms with E-state index in [0.717, 1.165) is 12.8 Å². The molecule has 1 aromatic heterocycles. The summed E-state index contributed by atoms with van der Waals surface area (Å²) in [4.78, 5) is 27.0. The minimum atomic E-state index is -0.617. The molecule has 2 aliphatic rings. The van der Waals surface area contributed by atoms with Gasteiger partial charge in [0.2, 0.25) is 0 Å². The third-order valence-corrected chi connectivity index (χ3v) is 5.94. The van der Waals surface area contributed by atoms with Gasteiger partial charge in [-0.05, 0) is 37.7 Å². The Balaban J connectivity index is 1.61. The first-order valence-corrected chi connectivity index (χ1v) is 8.97. The summed E-state index contributed by atoms with van der Waals surface area (Å²) in [5.41, 5.74) is -0.509. The van der Waals surface area contributed by atoms with Crippen molar-refractivity contribution in [1.82, 2.24) is 14.7 Å². The number of likely N-dealkylation sites (tertiary alicyclic amines) is 1. The normalized spacial score (nSPS) is 20.5. The number of aryl methyl sites for hydroxylation is 1. The highest BCUT2D eigenvalue weighted by Gasteiger charge is 2.43. The van der Waals surface area contributed by atoms with Crippen molar-refractivity contribution >= 4 is 16.7 Å². The Hall–Kier alpha value is -2.21. The van der Waals surface area contributed by atoms with Gasteiger partial charge < -0.3 is 10.0 Å². The van der Waals surface area contributed by atoms with Gasteiger partial charge in [0, 0.05) is 25.5 Å². The van der Waals surface area contributed by atoms with Crippen LogP contribution in [-0.2, 0) is 7.05 Å². The van der Waals surface area contributed by atoms with Crippen molar-refractivity contribution in [3.63, 3.8) is 0 Å². The van der Waals surface area contributed by atoms with Crippen molar-refractivity contribution in [1.29, 1.82) is 0 Å². The second-order valence-corrected chi connectivity index (χ2v) is 7.35. The molecule has 0 bridgehead atoms. The molecule has 25 heavy (non-hydrogen) atoms. The van der Waals surface area contributed by atoms with E-state index >= 15 is 0 Å². The predicted molar refractivity (Wildman–Crippen MR) is 94.4 cm³/mol. The second-order valence-electron chi connectivity index (χ2n) is 7.35. The van der Waals surface area contributed by atoms with Gasteiger partial charge in [0.15, 0.2) is 5.69 Å². The molecular formula is C19H23N3O3. The maximum Gasteiger partial charge on any atom is 0.274 e. The average molecular weight is 341 g/mol. The molecule has 132 valence electrons. The van der Waals surface area contributed by atoms with Crippen molar-refractivity contribution < 1.29 is 9.90 Å². The van der Waals surface area contributed by atoms with Crippen molar-refractivity contribution in [2.24, 2.45) is 13.0 Å². The lowest BCUT2D eigenvalue weighted by Gasteiger charge is -2.46. The van der Waals surface area contributed by atoms with E-state index in [2.05, 4.69) is 5.10 Å². The molecule has 1 saturated heterocycles. The molecule has 0 unspecified atom stereocenters. The molecule has 2 heterocycles. The Morgan fingerprint density at radius 1 is 1.20 bits per heavy atom. The van der Waals surface area contributed by atoms with Crippen LogP contribution in [-0.4, -0.2) is 44.4 Å². The molecule has 1 aromatic carbocycles. The van der Waals surface area contributed by atoms with Crippen LogP contribution in [0.2, 0.25) is 0 Å². The smallest absolute Gasteiger partial charge is 0.274 e. The van der Waals surface area contributed by atoms with Gasteiger partial charge in [0.1, 0.15) is 0 Å². The lowest BCUT2D eigenvalue weighted by molar-refractivity contribution is -0.0862. The monoisotopic (exact) mass is 341 g/mol. The van der Waals surface area contributed by atoms with Gasteiger partial charge in [-0.3, -0.25) is 9.59 Å². The fourth-order valence-corrected chi connectivity index (χ4v) is 4.06. The predicted octanol–water partition coefficient (Wildman–Crippen LogP) is 1.70. The maximum absolute atomic E-state index is 13.0. The lowest BCUT2D eigenvalue weighted by atomic mass is 9.69. The highest BCUT2D eigenvalue weighted by atomic mass is 16.3. The number of aromatic nitrogens is 2. The fraction of sp³-hybridized carbons (Fsp3) is 0.526. The Labute approximate surface area is 146 Å². The maximum atomic E-state index is 13.0. The lowest BCUT2D eigenvalue weighted by Crippen LogP contribution is -2.52. The van der Waals surface area contributed by atoms with Gasteiger partial charge in [0.05, 0.1) is 11.0 Å². The van der Waals surface area contributed by atoms with Crippen molar-refractivity contribution in [3.05, 3.63) is 40.3 Å². The van der Waals surface area contributed by atoms with Crippen LogP contribution in [0.15, 0.2) is 29.1 Å². The number of fused-ring (bicyclic) bond motifs is 1. The SMILES string of the molecule is Cn1nc(C(=O)N2CCC(O)(C3CCC3)CC2)c2ccccc2c1=O. The largest absolute Gasteiger partial charge is 0.389 e. The molecule has 1 aliphatic carbocycles. The van der Waals surface area contributed by atoms with E-state index in [1.165, 1.54) is 11.1 Å². The summed E-state index contributed by atoms with van der Waals surface area (Å²) in [6.45, 7) is 1.06. The molecule has 0 atom stereocenters. The Kier molecular flexibility index (Phi) is 3.87. The van der Waals surface area contributed by atoms with Crippen molar-refractivity contribution in [2.75, 3.05) is 13.1 Å². The molecule has 6 nitrogen and oxygen atoms in total. The molecule has 2 aromatic rings. The second kappa shape index (κ2) is 5.95. The fourth-order valence-electron chi connectivity index (χ4n) is 4.06. The van der Waals surface area contributed by atoms with E-state index in [1.807, 2.05) is 6.07 Å². The number of aliphatic hydroxyl groups is 1. The summed E-state index contributed by atoms with van der Waals surface area (Å²) in [7, 11) is 1.57. The summed E-state index contributed by atoms with van der Waals surface area (Å²) >= 11 is 0. The van der Waals surface area contributed by atoms with Crippen LogP contribution in [0.1, 0.15) is 42.6 Å². The van der Waals surface area contributed by atoms with E-state index < -0.39 is 5.60 Å². The van der Waals surface area contributed by atoms with E-state index in [0.29, 0.717) is 48.3 Å². The van der Waals surface area contributed by atoms with E-state index in [1.54, 1.807) is 30.1 Å². The number of amides is 1. The number of piperidine rings is 1. The van der Waals surface area contributed by atoms with Crippen molar-refractivity contribution in [2.45, 2.75) is 37.7 Å². The van der Waals surface area contributed by atoms with Gasteiger partial charge in [-0.25, -0.2) is 4.68 Å². The molecule has 2 fully saturated rings. The quantitative estimate of drug-likeness (QED) is 0.902. The Morgan fingerprint density at radius 2 is 1.84 bits per heavy atom. The van der Waals surface area contributed by atoms with Crippen LogP contribution in [0.25, 0.3) is 10.8 Å². The molecule has 1 amide bonds. The Morgan fingerprint density at radius 3 is 2.44 bits per heavy atom. The molecule has 0 spiro atoms. The van der Waals surface area contributed by atoms with Crippen LogP contribution in [0, 0.1) is 5.92 Å². The Bertz CT molecular complexity index is 877. The zero-order valence-corrected chi connectivity index (χ0v) is 14.4. The summed E-state index contributed by atoms with van der Waals surface area (Å²) in [5, 5.41) is 16.1. The third-order valence-electron chi connectivity index (χ3n) is 5.94. The van der Waals surface area contributed by atoms with Gasteiger partial charge >= 0.3 is 0 Å². The minimum absolute atomic E-state index is 0.164. The van der Waals surface area contributed by atoms with E-state index in [-0.39, 0.29) is 11.5 Å². The van der Waals surface area contributed by atoms with Crippen LogP contribution in [0.5, 0.6) is 0 Å². The first-order valence-electron chi connectivity index (χ1n) is 8.97. The molecule has 6 heteroatoms. The zero-order valence-electron chi connectivity index (χ0n) is 14.4. The zero-order chi connectivity index (χ0) is 17.6. The van der Waals surface area contributed by atoms with Crippen LogP contribution < -0.4 is 5.56 Å². The summed E-state index contributed by atoms with van der Waals surface area (Å²) in [6, 6.07) is 7.09. The van der Waals surface area contributed by atoms with Gasteiger partial charge in [-0.15, -0.1) is 0 Å². The number of rotatable bonds is 2. The number of carbonyl (C=O) groups excluding carboxylic acids is 1. The molecular weight excluding hydrogens is 318 g/mol. The van der Waals surface area contributed by atoms with Gasteiger partial charge in [-0.2, -0.15) is 5.10 Å². The molecule has 1 saturated carbocycles. The summed E-state index contributed by atoms with van der Waals surface area (Å²) in [6.07, 6.45) is 4.62. The van der Waals surface area contributed by atoms with Crippen LogP contribution >= 0.6 is 0 Å². The molecule has 4 rings (SSSR count). The third kappa shape index (κ3) is 2.65. The van der Waals surface area contributed by atoms with E-state index in [4.69, 9.17) is 0 Å². The molecule has 1 N–H and O–H groups in total. The van der Waals surface area contributed by atoms with Crippen molar-refractivity contribution in [3.8, 4) is 0 Å². The number of carbonyl (C=O) groups is 1. The number of hydrogen-bond donors (Lipinski definition) is 1. The highest BCUT2D eigenvalue weighted by Crippen LogP contribution is 2.42.